The van der Waals surface area contributed by atoms with Gasteiger partial charge in [-0.2, -0.15) is 5.10 Å². The predicted molar refractivity (Wildman–Crippen MR) is 123 cm³/mol. The Bertz CT molecular complexity index is 1400. The van der Waals surface area contributed by atoms with Crippen LogP contribution in [0, 0.1) is 6.92 Å². The molecule has 3 aromatic heterocycles. The molecule has 0 spiro atoms. The highest BCUT2D eigenvalue weighted by Crippen LogP contribution is 2.31. The Hall–Kier alpha value is -3.04. The quantitative estimate of drug-likeness (QED) is 0.471. The van der Waals surface area contributed by atoms with Crippen molar-refractivity contribution in [3.8, 4) is 10.6 Å². The van der Waals surface area contributed by atoms with E-state index in [1.54, 1.807) is 46.5 Å². The van der Waals surface area contributed by atoms with Crippen molar-refractivity contribution in [3.63, 3.8) is 0 Å². The van der Waals surface area contributed by atoms with E-state index in [1.165, 1.54) is 6.07 Å². The molecule has 4 rings (SSSR count). The minimum absolute atomic E-state index is 0.0622. The van der Waals surface area contributed by atoms with E-state index in [0.29, 0.717) is 22.3 Å². The maximum atomic E-state index is 13.3. The number of thiophene rings is 1. The molecule has 160 valence electrons. The standard InChI is InChI=1S/C22H22N4O3S2/c1-13(2)26-21-16(12-23-26)15(11-18(24-21)19-10-9-14(3)30-19)22(27)25-17-7-5-6-8-20(17)31(4,28)29/h5-13H,1-4H3,(H,25,27). The molecule has 0 aliphatic carbocycles. The van der Waals surface area contributed by atoms with Crippen molar-refractivity contribution in [2.45, 2.75) is 31.7 Å². The fourth-order valence-electron chi connectivity index (χ4n) is 3.37. The first-order valence-corrected chi connectivity index (χ1v) is 12.4. The number of hydrogen-bond donors (Lipinski definition) is 1. The Balaban J connectivity index is 1.86. The molecule has 0 fully saturated rings. The summed E-state index contributed by atoms with van der Waals surface area (Å²) in [6.07, 6.45) is 2.75. The summed E-state index contributed by atoms with van der Waals surface area (Å²) in [5, 5.41) is 7.80. The van der Waals surface area contributed by atoms with Crippen molar-refractivity contribution >= 4 is 43.8 Å². The highest BCUT2D eigenvalue weighted by atomic mass is 32.2. The van der Waals surface area contributed by atoms with Crippen LogP contribution in [-0.4, -0.2) is 35.3 Å². The van der Waals surface area contributed by atoms with Crippen molar-refractivity contribution < 1.29 is 13.2 Å². The Kier molecular flexibility index (Phi) is 5.40. The number of fused-ring (bicyclic) bond motifs is 1. The number of amides is 1. The zero-order chi connectivity index (χ0) is 22.3. The van der Waals surface area contributed by atoms with Gasteiger partial charge in [0, 0.05) is 17.2 Å². The summed E-state index contributed by atoms with van der Waals surface area (Å²) in [4.78, 5) is 20.2. The number of rotatable bonds is 5. The number of nitrogens with zero attached hydrogens (tertiary/aromatic N) is 3. The van der Waals surface area contributed by atoms with Crippen molar-refractivity contribution in [2.24, 2.45) is 0 Å². The van der Waals surface area contributed by atoms with E-state index in [-0.39, 0.29) is 16.6 Å². The molecule has 0 radical (unpaired) electrons. The second kappa shape index (κ2) is 7.90. The lowest BCUT2D eigenvalue weighted by atomic mass is 10.1. The lowest BCUT2D eigenvalue weighted by molar-refractivity contribution is 0.102. The average molecular weight is 455 g/mol. The van der Waals surface area contributed by atoms with E-state index >= 15 is 0 Å². The van der Waals surface area contributed by atoms with E-state index in [0.717, 1.165) is 16.0 Å². The van der Waals surface area contributed by atoms with Crippen LogP contribution in [-0.2, 0) is 9.84 Å². The van der Waals surface area contributed by atoms with E-state index in [1.807, 2.05) is 32.9 Å². The van der Waals surface area contributed by atoms with Gasteiger partial charge in [0.2, 0.25) is 0 Å². The normalized spacial score (nSPS) is 11.9. The van der Waals surface area contributed by atoms with E-state index in [9.17, 15) is 13.2 Å². The molecule has 31 heavy (non-hydrogen) atoms. The summed E-state index contributed by atoms with van der Waals surface area (Å²) in [6.45, 7) is 6.01. The first-order valence-electron chi connectivity index (χ1n) is 9.70. The number of nitrogens with one attached hydrogen (secondary N) is 1. The van der Waals surface area contributed by atoms with Gasteiger partial charge in [-0.25, -0.2) is 18.1 Å². The van der Waals surface area contributed by atoms with Crippen LogP contribution in [0.1, 0.15) is 35.1 Å². The van der Waals surface area contributed by atoms with Crippen LogP contribution in [0.4, 0.5) is 5.69 Å². The second-order valence-electron chi connectivity index (χ2n) is 7.61. The van der Waals surface area contributed by atoms with E-state index in [4.69, 9.17) is 4.98 Å². The monoisotopic (exact) mass is 454 g/mol. The molecular weight excluding hydrogens is 432 g/mol. The van der Waals surface area contributed by atoms with Gasteiger partial charge in [-0.1, -0.05) is 12.1 Å². The molecule has 1 aromatic carbocycles. The van der Waals surface area contributed by atoms with Crippen molar-refractivity contribution in [2.75, 3.05) is 11.6 Å². The van der Waals surface area contributed by atoms with Crippen LogP contribution in [0.2, 0.25) is 0 Å². The van der Waals surface area contributed by atoms with E-state index < -0.39 is 15.7 Å². The highest BCUT2D eigenvalue weighted by Gasteiger charge is 2.21. The van der Waals surface area contributed by atoms with Crippen LogP contribution in [0.3, 0.4) is 0 Å². The van der Waals surface area contributed by atoms with E-state index in [2.05, 4.69) is 10.4 Å². The molecule has 3 heterocycles. The van der Waals surface area contributed by atoms with Gasteiger partial charge in [0.15, 0.2) is 15.5 Å². The molecule has 0 unspecified atom stereocenters. The second-order valence-corrected chi connectivity index (χ2v) is 10.9. The lowest BCUT2D eigenvalue weighted by Crippen LogP contribution is -2.15. The molecule has 4 aromatic rings. The Morgan fingerprint density at radius 3 is 2.55 bits per heavy atom. The summed E-state index contributed by atoms with van der Waals surface area (Å²) in [5.41, 5.74) is 1.92. The largest absolute Gasteiger partial charge is 0.321 e. The predicted octanol–water partition coefficient (Wildman–Crippen LogP) is 4.70. The number of carbonyl (C=O) groups is 1. The Labute approximate surface area is 184 Å². The number of carbonyl (C=O) groups excluding carboxylic acids is 1. The minimum atomic E-state index is -3.50. The number of hydrogen-bond acceptors (Lipinski definition) is 6. The third-order valence-corrected chi connectivity index (χ3v) is 7.01. The van der Waals surface area contributed by atoms with Crippen LogP contribution in [0.15, 0.2) is 53.6 Å². The zero-order valence-electron chi connectivity index (χ0n) is 17.6. The minimum Gasteiger partial charge on any atom is -0.321 e. The third-order valence-electron chi connectivity index (χ3n) is 4.83. The summed E-state index contributed by atoms with van der Waals surface area (Å²) in [5.74, 6) is -0.415. The molecule has 9 heteroatoms. The van der Waals surface area contributed by atoms with Crippen molar-refractivity contribution in [1.82, 2.24) is 14.8 Å². The van der Waals surface area contributed by atoms with Gasteiger partial charge in [0.1, 0.15) is 0 Å². The number of aryl methyl sites for hydroxylation is 1. The molecule has 0 bridgehead atoms. The fourth-order valence-corrected chi connectivity index (χ4v) is 5.04. The van der Waals surface area contributed by atoms with Gasteiger partial charge in [0.25, 0.3) is 5.91 Å². The first kappa shape index (κ1) is 21.2. The maximum absolute atomic E-state index is 13.3. The van der Waals surface area contributed by atoms with Gasteiger partial charge >= 0.3 is 0 Å². The number of para-hydroxylation sites is 1. The highest BCUT2D eigenvalue weighted by molar-refractivity contribution is 7.90. The van der Waals surface area contributed by atoms with Gasteiger partial charge in [-0.15, -0.1) is 11.3 Å². The molecule has 0 atom stereocenters. The number of benzene rings is 1. The summed E-state index contributed by atoms with van der Waals surface area (Å²) < 4.78 is 26.0. The molecule has 0 aliphatic heterocycles. The van der Waals surface area contributed by atoms with Crippen molar-refractivity contribution in [1.29, 1.82) is 0 Å². The Morgan fingerprint density at radius 1 is 1.16 bits per heavy atom. The topological polar surface area (TPSA) is 94.0 Å². The number of sulfone groups is 1. The van der Waals surface area contributed by atoms with Gasteiger partial charge in [0.05, 0.1) is 38.3 Å². The molecule has 0 saturated heterocycles. The van der Waals surface area contributed by atoms with Crippen LogP contribution >= 0.6 is 11.3 Å². The molecule has 0 saturated carbocycles. The fraction of sp³-hybridized carbons (Fsp3) is 0.227. The first-order chi connectivity index (χ1) is 14.6. The average Bonchev–Trinajstić information content (AvgIpc) is 3.33. The molecule has 1 amide bonds. The van der Waals surface area contributed by atoms with Crippen LogP contribution in [0.5, 0.6) is 0 Å². The molecular formula is C22H22N4O3S2. The molecule has 1 N–H and O–H groups in total. The summed E-state index contributed by atoms with van der Waals surface area (Å²) >= 11 is 1.59. The van der Waals surface area contributed by atoms with Crippen LogP contribution in [0.25, 0.3) is 21.6 Å². The molecule has 0 aliphatic rings. The van der Waals surface area contributed by atoms with Crippen LogP contribution < -0.4 is 5.32 Å². The zero-order valence-corrected chi connectivity index (χ0v) is 19.2. The van der Waals surface area contributed by atoms with Gasteiger partial charge in [-0.05, 0) is 51.1 Å². The number of pyridine rings is 1. The number of aromatic nitrogens is 3. The SMILES string of the molecule is Cc1ccc(-c2cc(C(=O)Nc3ccccc3S(C)(=O)=O)c3cnn(C(C)C)c3n2)s1. The van der Waals surface area contributed by atoms with Crippen molar-refractivity contribution in [3.05, 3.63) is 59.1 Å². The Morgan fingerprint density at radius 2 is 1.90 bits per heavy atom. The van der Waals surface area contributed by atoms with Gasteiger partial charge in [-0.3, -0.25) is 4.79 Å². The number of anilines is 1. The summed E-state index contributed by atoms with van der Waals surface area (Å²) in [6, 6.07) is 12.1. The smallest absolute Gasteiger partial charge is 0.256 e. The molecule has 7 nitrogen and oxygen atoms in total. The van der Waals surface area contributed by atoms with Gasteiger partial charge < -0.3 is 5.32 Å². The lowest BCUT2D eigenvalue weighted by Gasteiger charge is -2.12. The summed E-state index contributed by atoms with van der Waals surface area (Å²) in [7, 11) is -3.50. The third kappa shape index (κ3) is 4.11. The maximum Gasteiger partial charge on any atom is 0.256 e.